The molecule has 0 spiro atoms. The van der Waals surface area contributed by atoms with Crippen LogP contribution >= 0.6 is 0 Å². The summed E-state index contributed by atoms with van der Waals surface area (Å²) >= 11 is 0. The van der Waals surface area contributed by atoms with E-state index in [-0.39, 0.29) is 0 Å². The minimum absolute atomic E-state index is 0.349. The first kappa shape index (κ1) is 13.6. The summed E-state index contributed by atoms with van der Waals surface area (Å²) in [7, 11) is 0. The van der Waals surface area contributed by atoms with E-state index in [0.29, 0.717) is 6.10 Å². The summed E-state index contributed by atoms with van der Waals surface area (Å²) in [6.45, 7) is 2.08. The molecule has 1 aromatic heterocycles. The van der Waals surface area contributed by atoms with Crippen molar-refractivity contribution in [2.75, 3.05) is 13.2 Å². The number of fused-ring (bicyclic) bond motifs is 1. The van der Waals surface area contributed by atoms with Crippen LogP contribution in [0.4, 0.5) is 0 Å². The molecule has 4 rings (SSSR count). The van der Waals surface area contributed by atoms with Gasteiger partial charge in [0.25, 0.3) is 0 Å². The minimum Gasteiger partial charge on any atom is -0.378 e. The van der Waals surface area contributed by atoms with E-state index in [0.717, 1.165) is 50.1 Å². The van der Waals surface area contributed by atoms with Crippen molar-refractivity contribution in [3.63, 3.8) is 0 Å². The summed E-state index contributed by atoms with van der Waals surface area (Å²) in [6.07, 6.45) is 11.9. The quantitative estimate of drug-likeness (QED) is 0.900. The molecule has 0 bridgehead atoms. The van der Waals surface area contributed by atoms with Crippen LogP contribution in [0.3, 0.4) is 0 Å². The van der Waals surface area contributed by atoms with Crippen LogP contribution in [0.25, 0.3) is 0 Å². The molecule has 1 saturated carbocycles. The third-order valence-electron chi connectivity index (χ3n) is 5.01. The van der Waals surface area contributed by atoms with Crippen LogP contribution in [0.1, 0.15) is 49.2 Å². The maximum atomic E-state index is 5.69. The molecule has 1 saturated heterocycles. The predicted molar refractivity (Wildman–Crippen MR) is 81.2 cm³/mol. The Morgan fingerprint density at radius 3 is 3.00 bits per heavy atom. The molecule has 0 amide bonds. The number of hydrogen-bond donors (Lipinski definition) is 1. The van der Waals surface area contributed by atoms with Crippen LogP contribution in [0.15, 0.2) is 6.20 Å². The maximum Gasteiger partial charge on any atom is 0.131 e. The van der Waals surface area contributed by atoms with E-state index in [2.05, 4.69) is 16.5 Å². The summed E-state index contributed by atoms with van der Waals surface area (Å²) in [5.41, 5.74) is 2.67. The Balaban J connectivity index is 1.36. The van der Waals surface area contributed by atoms with Crippen LogP contribution < -0.4 is 5.32 Å². The molecular formula is C17H25N3O. The molecule has 2 unspecified atom stereocenters. The monoisotopic (exact) mass is 287 g/mol. The zero-order valence-corrected chi connectivity index (χ0v) is 12.7. The van der Waals surface area contributed by atoms with Gasteiger partial charge in [0.15, 0.2) is 0 Å². The molecule has 2 atom stereocenters. The number of hydrogen-bond acceptors (Lipinski definition) is 4. The second-order valence-corrected chi connectivity index (χ2v) is 6.89. The van der Waals surface area contributed by atoms with Gasteiger partial charge in [-0.05, 0) is 63.0 Å². The Morgan fingerprint density at radius 1 is 1.24 bits per heavy atom. The van der Waals surface area contributed by atoms with Crippen molar-refractivity contribution >= 4 is 0 Å². The zero-order valence-electron chi connectivity index (χ0n) is 12.7. The molecule has 114 valence electrons. The third-order valence-corrected chi connectivity index (χ3v) is 5.01. The summed E-state index contributed by atoms with van der Waals surface area (Å²) in [4.78, 5) is 9.39. The summed E-state index contributed by atoms with van der Waals surface area (Å²) < 4.78 is 5.69. The molecule has 4 nitrogen and oxygen atoms in total. The first-order valence-electron chi connectivity index (χ1n) is 8.55. The smallest absolute Gasteiger partial charge is 0.131 e. The molecule has 1 aliphatic heterocycles. The highest BCUT2D eigenvalue weighted by molar-refractivity contribution is 5.21. The molecule has 21 heavy (non-hydrogen) atoms. The van der Waals surface area contributed by atoms with Gasteiger partial charge in [0.2, 0.25) is 0 Å². The predicted octanol–water partition coefficient (Wildman–Crippen LogP) is 2.05. The van der Waals surface area contributed by atoms with Crippen molar-refractivity contribution in [2.24, 2.45) is 5.92 Å². The highest BCUT2D eigenvalue weighted by Gasteiger charge is 2.25. The number of aromatic nitrogens is 2. The Labute approximate surface area is 126 Å². The lowest BCUT2D eigenvalue weighted by atomic mass is 9.87. The second-order valence-electron chi connectivity index (χ2n) is 6.89. The Bertz CT molecular complexity index is 495. The Hall–Kier alpha value is -1.00. The van der Waals surface area contributed by atoms with Gasteiger partial charge in [0, 0.05) is 31.0 Å². The van der Waals surface area contributed by atoms with E-state index in [1.807, 2.05) is 0 Å². The standard InChI is InChI=1S/C17H25N3O/c1-2-15(21-7-1)9-17-19-11-13-8-12(3-6-16(13)20-17)10-18-14-4-5-14/h11-12,14-15,18H,1-10H2. The van der Waals surface area contributed by atoms with Gasteiger partial charge in [0.1, 0.15) is 5.82 Å². The van der Waals surface area contributed by atoms with Gasteiger partial charge >= 0.3 is 0 Å². The lowest BCUT2D eigenvalue weighted by Crippen LogP contribution is -2.29. The van der Waals surface area contributed by atoms with Crippen molar-refractivity contribution in [1.29, 1.82) is 0 Å². The number of rotatable bonds is 5. The second kappa shape index (κ2) is 6.01. The maximum absolute atomic E-state index is 5.69. The van der Waals surface area contributed by atoms with E-state index < -0.39 is 0 Å². The van der Waals surface area contributed by atoms with E-state index in [1.54, 1.807) is 0 Å². The van der Waals surface area contributed by atoms with Gasteiger partial charge in [0.05, 0.1) is 6.10 Å². The van der Waals surface area contributed by atoms with Gasteiger partial charge in [-0.1, -0.05) is 0 Å². The SMILES string of the molecule is c1nc(CC2CCCO2)nc2c1CC(CNC1CC1)CC2. The molecule has 0 radical (unpaired) electrons. The van der Waals surface area contributed by atoms with Gasteiger partial charge in [-0.2, -0.15) is 0 Å². The number of ether oxygens (including phenoxy) is 1. The average molecular weight is 287 g/mol. The molecule has 1 aromatic rings. The molecule has 1 N–H and O–H groups in total. The van der Waals surface area contributed by atoms with E-state index >= 15 is 0 Å². The summed E-state index contributed by atoms with van der Waals surface area (Å²) in [5, 5.41) is 3.66. The molecular weight excluding hydrogens is 262 g/mol. The van der Waals surface area contributed by atoms with Gasteiger partial charge in [-0.3, -0.25) is 0 Å². The largest absolute Gasteiger partial charge is 0.378 e. The van der Waals surface area contributed by atoms with Crippen LogP contribution in [0.5, 0.6) is 0 Å². The number of nitrogens with one attached hydrogen (secondary N) is 1. The van der Waals surface area contributed by atoms with Crippen LogP contribution in [-0.2, 0) is 24.0 Å². The normalized spacial score (nSPS) is 28.6. The fraction of sp³-hybridized carbons (Fsp3) is 0.765. The molecule has 4 heteroatoms. The van der Waals surface area contributed by atoms with Gasteiger partial charge < -0.3 is 10.1 Å². The van der Waals surface area contributed by atoms with Crippen molar-refractivity contribution in [3.8, 4) is 0 Å². The Morgan fingerprint density at radius 2 is 2.19 bits per heavy atom. The highest BCUT2D eigenvalue weighted by atomic mass is 16.5. The van der Waals surface area contributed by atoms with Crippen molar-refractivity contribution in [1.82, 2.24) is 15.3 Å². The fourth-order valence-electron chi connectivity index (χ4n) is 3.53. The number of nitrogens with zero attached hydrogens (tertiary/aromatic N) is 2. The lowest BCUT2D eigenvalue weighted by molar-refractivity contribution is 0.110. The molecule has 2 aliphatic carbocycles. The van der Waals surface area contributed by atoms with Crippen LogP contribution in [0.2, 0.25) is 0 Å². The first-order valence-corrected chi connectivity index (χ1v) is 8.55. The van der Waals surface area contributed by atoms with Crippen LogP contribution in [-0.4, -0.2) is 35.3 Å². The van der Waals surface area contributed by atoms with E-state index in [4.69, 9.17) is 9.72 Å². The highest BCUT2D eigenvalue weighted by Crippen LogP contribution is 2.26. The average Bonchev–Trinajstić information content (AvgIpc) is 3.21. The first-order chi connectivity index (χ1) is 10.4. The van der Waals surface area contributed by atoms with Crippen LogP contribution in [0, 0.1) is 5.92 Å². The van der Waals surface area contributed by atoms with Gasteiger partial charge in [-0.25, -0.2) is 9.97 Å². The van der Waals surface area contributed by atoms with Crippen molar-refractivity contribution in [2.45, 2.75) is 63.5 Å². The number of aryl methyl sites for hydroxylation is 1. The summed E-state index contributed by atoms with van der Waals surface area (Å²) in [5.74, 6) is 1.75. The summed E-state index contributed by atoms with van der Waals surface area (Å²) in [6, 6.07) is 0.816. The fourth-order valence-corrected chi connectivity index (χ4v) is 3.53. The molecule has 0 aromatic carbocycles. The van der Waals surface area contributed by atoms with Crippen molar-refractivity contribution in [3.05, 3.63) is 23.3 Å². The van der Waals surface area contributed by atoms with Crippen molar-refractivity contribution < 1.29 is 4.74 Å². The Kier molecular flexibility index (Phi) is 3.91. The lowest BCUT2D eigenvalue weighted by Gasteiger charge is -2.24. The molecule has 3 aliphatic rings. The topological polar surface area (TPSA) is 47.0 Å². The van der Waals surface area contributed by atoms with Gasteiger partial charge in [-0.15, -0.1) is 0 Å². The van der Waals surface area contributed by atoms with E-state index in [9.17, 15) is 0 Å². The molecule has 2 heterocycles. The zero-order chi connectivity index (χ0) is 14.1. The third kappa shape index (κ3) is 3.43. The minimum atomic E-state index is 0.349. The van der Waals surface area contributed by atoms with E-state index in [1.165, 1.54) is 43.5 Å². The molecule has 2 fully saturated rings.